The molecule has 3 heterocycles. The summed E-state index contributed by atoms with van der Waals surface area (Å²) in [7, 11) is 0. The van der Waals surface area contributed by atoms with Crippen LogP contribution >= 0.6 is 0 Å². The van der Waals surface area contributed by atoms with Crippen molar-refractivity contribution in [2.24, 2.45) is 0 Å². The molecule has 0 spiro atoms. The van der Waals surface area contributed by atoms with E-state index in [1.807, 2.05) is 0 Å². The van der Waals surface area contributed by atoms with Gasteiger partial charge in [0.1, 0.15) is 18.3 Å². The lowest BCUT2D eigenvalue weighted by Gasteiger charge is -2.20. The molecule has 1 saturated heterocycles. The van der Waals surface area contributed by atoms with E-state index in [2.05, 4.69) is 28.9 Å². The number of nitrogens with zero attached hydrogens (tertiary/aromatic N) is 4. The Morgan fingerprint density at radius 3 is 2.71 bits per heavy atom. The summed E-state index contributed by atoms with van der Waals surface area (Å²) in [5.41, 5.74) is 12.3. The summed E-state index contributed by atoms with van der Waals surface area (Å²) in [5.74, 6) is 0.107. The molecule has 156 valence electrons. The third kappa shape index (κ3) is 4.34. The van der Waals surface area contributed by atoms with Gasteiger partial charge in [-0.1, -0.05) is 26.7 Å². The highest BCUT2D eigenvalue weighted by Gasteiger charge is 2.48. The van der Waals surface area contributed by atoms with Gasteiger partial charge in [0.05, 0.1) is 18.5 Å². The first-order chi connectivity index (χ1) is 13.6. The molecule has 28 heavy (non-hydrogen) atoms. The van der Waals surface area contributed by atoms with Crippen LogP contribution in [0, 0.1) is 0 Å². The summed E-state index contributed by atoms with van der Waals surface area (Å²) in [6, 6.07) is 0. The Hall–Kier alpha value is -2.04. The fourth-order valence-electron chi connectivity index (χ4n) is 3.22. The topological polar surface area (TPSA) is 123 Å². The molecule has 1 aliphatic heterocycles. The van der Waals surface area contributed by atoms with Gasteiger partial charge in [-0.3, -0.25) is 0 Å². The van der Waals surface area contributed by atoms with Crippen LogP contribution in [0.15, 0.2) is 6.20 Å². The second-order valence-electron chi connectivity index (χ2n) is 6.93. The second-order valence-corrected chi connectivity index (χ2v) is 6.93. The van der Waals surface area contributed by atoms with Gasteiger partial charge in [-0.2, -0.15) is 4.98 Å². The maximum atomic E-state index is 15.3. The largest absolute Gasteiger partial charge is 0.380 e. The van der Waals surface area contributed by atoms with Gasteiger partial charge in [-0.05, 0) is 12.8 Å². The van der Waals surface area contributed by atoms with Crippen LogP contribution in [0.3, 0.4) is 0 Å². The number of anilines is 2. The van der Waals surface area contributed by atoms with Crippen molar-refractivity contribution in [1.82, 2.24) is 19.6 Å². The molecule has 4 N–H and O–H groups in total. The summed E-state index contributed by atoms with van der Waals surface area (Å²) in [6.07, 6.45) is 1.74. The summed E-state index contributed by atoms with van der Waals surface area (Å²) < 4.78 is 34.2. The lowest BCUT2D eigenvalue weighted by atomic mass is 10.1. The van der Waals surface area contributed by atoms with Gasteiger partial charge < -0.3 is 25.7 Å². The summed E-state index contributed by atoms with van der Waals surface area (Å²) in [4.78, 5) is 8.07. The van der Waals surface area contributed by atoms with Gasteiger partial charge in [-0.25, -0.2) is 13.9 Å². The van der Waals surface area contributed by atoms with Crippen molar-refractivity contribution in [3.05, 3.63) is 11.9 Å². The van der Waals surface area contributed by atoms with Crippen molar-refractivity contribution < 1.29 is 18.6 Å². The monoisotopic (exact) mass is 396 g/mol. The maximum absolute atomic E-state index is 15.3. The molecule has 0 saturated carbocycles. The molecule has 0 radical (unpaired) electrons. The minimum absolute atomic E-state index is 0.0205. The predicted molar refractivity (Wildman–Crippen MR) is 102 cm³/mol. The van der Waals surface area contributed by atoms with E-state index >= 15 is 4.39 Å². The average molecular weight is 396 g/mol. The number of hydrogen-bond donors (Lipinski definition) is 2. The van der Waals surface area contributed by atoms with E-state index in [1.165, 1.54) is 10.7 Å². The van der Waals surface area contributed by atoms with E-state index in [1.54, 1.807) is 0 Å². The molecule has 4 atom stereocenters. The molecule has 1 aliphatic rings. The first-order valence-electron chi connectivity index (χ1n) is 9.82. The van der Waals surface area contributed by atoms with Crippen LogP contribution < -0.4 is 11.5 Å². The van der Waals surface area contributed by atoms with E-state index in [9.17, 15) is 0 Å². The average Bonchev–Trinajstić information content (AvgIpc) is 3.21. The highest BCUT2D eigenvalue weighted by atomic mass is 19.1. The van der Waals surface area contributed by atoms with E-state index in [0.29, 0.717) is 24.6 Å². The fraction of sp³-hybridized carbons (Fsp3) is 0.722. The highest BCUT2D eigenvalue weighted by Crippen LogP contribution is 2.38. The molecule has 0 bridgehead atoms. The standard InChI is InChI=1S/C18H29FN6O3/c1-3-5-7-26-10-12-15(27-8-6-4-2)13(19)14(28-12)11-9-22-17-16(20)23-18(21)24-25(11)17/h9,12-15H,3-8,10H2,1-2H3,(H4,20,21,23,24)/t12-,13+,14?,15-/m1/s1. The van der Waals surface area contributed by atoms with Crippen LogP contribution in [0.4, 0.5) is 16.2 Å². The van der Waals surface area contributed by atoms with E-state index < -0.39 is 24.5 Å². The highest BCUT2D eigenvalue weighted by molar-refractivity contribution is 5.60. The van der Waals surface area contributed by atoms with Crippen molar-refractivity contribution in [2.75, 3.05) is 31.3 Å². The van der Waals surface area contributed by atoms with Crippen molar-refractivity contribution in [3.63, 3.8) is 0 Å². The molecule has 2 aromatic rings. The van der Waals surface area contributed by atoms with Crippen molar-refractivity contribution in [1.29, 1.82) is 0 Å². The van der Waals surface area contributed by atoms with Crippen molar-refractivity contribution >= 4 is 17.4 Å². The lowest BCUT2D eigenvalue weighted by molar-refractivity contribution is -0.0673. The lowest BCUT2D eigenvalue weighted by Crippen LogP contribution is -2.34. The molecule has 9 nitrogen and oxygen atoms in total. The van der Waals surface area contributed by atoms with Crippen LogP contribution in [-0.4, -0.2) is 57.8 Å². The number of nitrogen functional groups attached to an aromatic ring is 2. The van der Waals surface area contributed by atoms with Crippen LogP contribution in [0.1, 0.15) is 51.3 Å². The van der Waals surface area contributed by atoms with Gasteiger partial charge >= 0.3 is 0 Å². The molecule has 3 rings (SSSR count). The molecule has 2 aromatic heterocycles. The first-order valence-corrected chi connectivity index (χ1v) is 9.82. The van der Waals surface area contributed by atoms with Gasteiger partial charge in [0.15, 0.2) is 17.6 Å². The summed E-state index contributed by atoms with van der Waals surface area (Å²) in [6.45, 7) is 5.49. The summed E-state index contributed by atoms with van der Waals surface area (Å²) in [5, 5.41) is 4.11. The van der Waals surface area contributed by atoms with Gasteiger partial charge in [0.25, 0.3) is 0 Å². The van der Waals surface area contributed by atoms with Crippen molar-refractivity contribution in [2.45, 2.75) is 64.0 Å². The Morgan fingerprint density at radius 1 is 1.21 bits per heavy atom. The number of halogens is 1. The third-order valence-corrected chi connectivity index (χ3v) is 4.75. The predicted octanol–water partition coefficient (Wildman–Crippen LogP) is 2.07. The molecule has 1 fully saturated rings. The Morgan fingerprint density at radius 2 is 1.96 bits per heavy atom. The number of ether oxygens (including phenoxy) is 3. The van der Waals surface area contributed by atoms with E-state index in [0.717, 1.165) is 25.7 Å². The zero-order valence-electron chi connectivity index (χ0n) is 16.4. The zero-order chi connectivity index (χ0) is 20.1. The number of nitrogens with two attached hydrogens (primary N) is 2. The number of imidazole rings is 1. The number of rotatable bonds is 10. The minimum Gasteiger partial charge on any atom is -0.380 e. The summed E-state index contributed by atoms with van der Waals surface area (Å²) >= 11 is 0. The molecule has 0 aromatic carbocycles. The number of alkyl halides is 1. The number of fused-ring (bicyclic) bond motifs is 1. The second kappa shape index (κ2) is 9.44. The normalized spacial score (nSPS) is 25.0. The van der Waals surface area contributed by atoms with Crippen LogP contribution in [-0.2, 0) is 14.2 Å². The van der Waals surface area contributed by atoms with Crippen LogP contribution in [0.5, 0.6) is 0 Å². The third-order valence-electron chi connectivity index (χ3n) is 4.75. The minimum atomic E-state index is -1.39. The van der Waals surface area contributed by atoms with Gasteiger partial charge in [0, 0.05) is 13.2 Å². The van der Waals surface area contributed by atoms with E-state index in [-0.39, 0.29) is 18.4 Å². The van der Waals surface area contributed by atoms with E-state index in [4.69, 9.17) is 25.7 Å². The Balaban J connectivity index is 1.81. The number of unbranched alkanes of at least 4 members (excludes halogenated alkanes) is 2. The quantitative estimate of drug-likeness (QED) is 0.585. The van der Waals surface area contributed by atoms with Crippen LogP contribution in [0.25, 0.3) is 5.65 Å². The smallest absolute Gasteiger partial charge is 0.240 e. The fourth-order valence-corrected chi connectivity index (χ4v) is 3.22. The molecular weight excluding hydrogens is 367 g/mol. The molecular formula is C18H29FN6O3. The molecule has 0 aliphatic carbocycles. The number of aromatic nitrogens is 4. The zero-order valence-corrected chi connectivity index (χ0v) is 16.4. The molecule has 1 unspecified atom stereocenters. The Kier molecular flexibility index (Phi) is 6.97. The Labute approximate surface area is 163 Å². The Bertz CT molecular complexity index is 773. The van der Waals surface area contributed by atoms with Crippen LogP contribution in [0.2, 0.25) is 0 Å². The van der Waals surface area contributed by atoms with Crippen molar-refractivity contribution in [3.8, 4) is 0 Å². The first kappa shape index (κ1) is 20.7. The number of hydrogen-bond acceptors (Lipinski definition) is 8. The molecule has 10 heteroatoms. The van der Waals surface area contributed by atoms with Gasteiger partial charge in [0.2, 0.25) is 5.95 Å². The van der Waals surface area contributed by atoms with Gasteiger partial charge in [-0.15, -0.1) is 5.10 Å². The SMILES string of the molecule is CCCCOC[C@H]1OC(c2cnc3c(N)nc(N)nn23)[C@H](F)[C@@H]1OCCCC. The molecule has 0 amide bonds. The maximum Gasteiger partial charge on any atom is 0.240 e.